The number of aromatic nitrogens is 2. The summed E-state index contributed by atoms with van der Waals surface area (Å²) in [5, 5.41) is 11.4. The van der Waals surface area contributed by atoms with Crippen molar-refractivity contribution in [3.63, 3.8) is 0 Å². The van der Waals surface area contributed by atoms with E-state index >= 15 is 0 Å². The van der Waals surface area contributed by atoms with Crippen molar-refractivity contribution in [2.45, 2.75) is 19.4 Å². The molecule has 0 aliphatic carbocycles. The lowest BCUT2D eigenvalue weighted by Gasteiger charge is -2.29. The van der Waals surface area contributed by atoms with Crippen LogP contribution in [0.3, 0.4) is 0 Å². The van der Waals surface area contributed by atoms with Gasteiger partial charge in [-0.3, -0.25) is 9.69 Å². The predicted octanol–water partition coefficient (Wildman–Crippen LogP) is 4.45. The highest BCUT2D eigenvalue weighted by Gasteiger charge is 2.37. The van der Waals surface area contributed by atoms with Crippen LogP contribution < -0.4 is 0 Å². The number of hydrazone groups is 1. The number of morpholine rings is 1. The highest BCUT2D eigenvalue weighted by atomic mass is 16.5. The third kappa shape index (κ3) is 4.85. The molecule has 4 aromatic rings. The lowest BCUT2D eigenvalue weighted by molar-refractivity contribution is -0.135. The Labute approximate surface area is 215 Å². The van der Waals surface area contributed by atoms with E-state index in [-0.39, 0.29) is 11.9 Å². The van der Waals surface area contributed by atoms with E-state index in [0.29, 0.717) is 31.9 Å². The number of aryl methyl sites for hydroxylation is 1. The SMILES string of the molecule is Cc1cccc(-c2nn(-c3ccccc3)cc2C2CC(c3ccco3)=NN2C(=O)CN2CCOCC2)c1. The van der Waals surface area contributed by atoms with Crippen LogP contribution in [0.4, 0.5) is 0 Å². The van der Waals surface area contributed by atoms with E-state index in [1.807, 2.05) is 59.4 Å². The van der Waals surface area contributed by atoms with Gasteiger partial charge in [-0.15, -0.1) is 0 Å². The Kier molecular flexibility index (Phi) is 6.42. The summed E-state index contributed by atoms with van der Waals surface area (Å²) in [6.45, 7) is 5.11. The van der Waals surface area contributed by atoms with E-state index in [9.17, 15) is 4.79 Å². The van der Waals surface area contributed by atoms with E-state index in [1.165, 1.54) is 0 Å². The minimum atomic E-state index is -0.304. The molecule has 37 heavy (non-hydrogen) atoms. The highest BCUT2D eigenvalue weighted by molar-refractivity contribution is 6.01. The van der Waals surface area contributed by atoms with E-state index in [0.717, 1.165) is 46.9 Å². The molecule has 8 nitrogen and oxygen atoms in total. The molecule has 2 aliphatic rings. The van der Waals surface area contributed by atoms with Crippen LogP contribution in [0.1, 0.15) is 29.3 Å². The molecule has 1 saturated heterocycles. The van der Waals surface area contributed by atoms with Gasteiger partial charge >= 0.3 is 0 Å². The Morgan fingerprint density at radius 3 is 2.62 bits per heavy atom. The van der Waals surface area contributed by atoms with Crippen molar-refractivity contribution in [2.24, 2.45) is 5.10 Å². The number of carbonyl (C=O) groups excluding carboxylic acids is 1. The zero-order valence-electron chi connectivity index (χ0n) is 20.8. The standard InChI is InChI=1S/C29H29N5O3/c1-21-7-5-8-22(17-21)29-24(19-33(31-29)23-9-3-2-4-10-23)26-18-25(27-11-6-14-37-27)30-34(26)28(35)20-32-12-15-36-16-13-32/h2-11,14,17,19,26H,12-13,15-16,18,20H2,1H3. The molecule has 8 heteroatoms. The van der Waals surface area contributed by atoms with Crippen LogP contribution in [0, 0.1) is 6.92 Å². The fourth-order valence-electron chi connectivity index (χ4n) is 4.96. The Morgan fingerprint density at radius 2 is 1.86 bits per heavy atom. The first-order valence-corrected chi connectivity index (χ1v) is 12.6. The molecular formula is C29H29N5O3. The van der Waals surface area contributed by atoms with Gasteiger partial charge in [0.2, 0.25) is 0 Å². The second-order valence-electron chi connectivity index (χ2n) is 9.45. The lowest BCUT2D eigenvalue weighted by Crippen LogP contribution is -2.43. The summed E-state index contributed by atoms with van der Waals surface area (Å²) in [4.78, 5) is 15.8. The summed E-state index contributed by atoms with van der Waals surface area (Å²) < 4.78 is 13.0. The molecule has 0 bridgehead atoms. The summed E-state index contributed by atoms with van der Waals surface area (Å²) in [7, 11) is 0. The molecule has 0 radical (unpaired) electrons. The van der Waals surface area contributed by atoms with Gasteiger partial charge in [-0.05, 0) is 37.3 Å². The molecule has 0 N–H and O–H groups in total. The van der Waals surface area contributed by atoms with Crippen molar-refractivity contribution in [3.8, 4) is 16.9 Å². The molecule has 4 heterocycles. The maximum atomic E-state index is 13.7. The highest BCUT2D eigenvalue weighted by Crippen LogP contribution is 2.38. The number of rotatable bonds is 6. The van der Waals surface area contributed by atoms with Gasteiger partial charge in [-0.25, -0.2) is 9.69 Å². The average molecular weight is 496 g/mol. The molecule has 1 amide bonds. The first-order chi connectivity index (χ1) is 18.2. The van der Waals surface area contributed by atoms with Crippen LogP contribution in [-0.2, 0) is 9.53 Å². The number of nitrogens with zero attached hydrogens (tertiary/aromatic N) is 5. The van der Waals surface area contributed by atoms with Crippen molar-refractivity contribution in [3.05, 3.63) is 96.1 Å². The minimum Gasteiger partial charge on any atom is -0.463 e. The molecule has 1 fully saturated rings. The fraction of sp³-hybridized carbons (Fsp3) is 0.276. The monoisotopic (exact) mass is 495 g/mol. The van der Waals surface area contributed by atoms with Crippen molar-refractivity contribution >= 4 is 11.6 Å². The lowest BCUT2D eigenvalue weighted by atomic mass is 9.97. The van der Waals surface area contributed by atoms with Crippen LogP contribution >= 0.6 is 0 Å². The Morgan fingerprint density at radius 1 is 1.03 bits per heavy atom. The average Bonchev–Trinajstić information content (AvgIpc) is 3.69. The van der Waals surface area contributed by atoms with Gasteiger partial charge in [0, 0.05) is 36.8 Å². The van der Waals surface area contributed by atoms with Crippen LogP contribution in [-0.4, -0.2) is 64.2 Å². The summed E-state index contributed by atoms with van der Waals surface area (Å²) in [6, 6.07) is 21.8. The Hall–Kier alpha value is -4.01. The summed E-state index contributed by atoms with van der Waals surface area (Å²) in [5.41, 5.74) is 5.67. The van der Waals surface area contributed by atoms with Gasteiger partial charge in [-0.2, -0.15) is 10.2 Å². The van der Waals surface area contributed by atoms with E-state index in [4.69, 9.17) is 19.4 Å². The molecular weight excluding hydrogens is 466 g/mol. The van der Waals surface area contributed by atoms with Crippen molar-refractivity contribution in [1.29, 1.82) is 0 Å². The van der Waals surface area contributed by atoms with Crippen molar-refractivity contribution in [1.82, 2.24) is 19.7 Å². The summed E-state index contributed by atoms with van der Waals surface area (Å²) in [5.74, 6) is 0.635. The fourth-order valence-corrected chi connectivity index (χ4v) is 4.96. The molecule has 0 saturated carbocycles. The van der Waals surface area contributed by atoms with Crippen LogP contribution in [0.5, 0.6) is 0 Å². The van der Waals surface area contributed by atoms with E-state index < -0.39 is 0 Å². The third-order valence-corrected chi connectivity index (χ3v) is 6.85. The molecule has 0 spiro atoms. The molecule has 2 aromatic carbocycles. The second-order valence-corrected chi connectivity index (χ2v) is 9.45. The largest absolute Gasteiger partial charge is 0.463 e. The van der Waals surface area contributed by atoms with Crippen LogP contribution in [0.15, 0.2) is 88.7 Å². The zero-order chi connectivity index (χ0) is 25.2. The molecule has 1 atom stereocenters. The maximum absolute atomic E-state index is 13.7. The second kappa shape index (κ2) is 10.2. The van der Waals surface area contributed by atoms with Gasteiger partial charge in [0.05, 0.1) is 43.4 Å². The topological polar surface area (TPSA) is 76.1 Å². The Balaban J connectivity index is 1.42. The number of carbonyl (C=O) groups is 1. The minimum absolute atomic E-state index is 0.0453. The van der Waals surface area contributed by atoms with Gasteiger partial charge in [0.25, 0.3) is 5.91 Å². The number of para-hydroxylation sites is 1. The van der Waals surface area contributed by atoms with Crippen LogP contribution in [0.25, 0.3) is 16.9 Å². The number of benzene rings is 2. The summed E-state index contributed by atoms with van der Waals surface area (Å²) in [6.07, 6.45) is 4.21. The molecule has 188 valence electrons. The molecule has 2 aromatic heterocycles. The van der Waals surface area contributed by atoms with Crippen LogP contribution in [0.2, 0.25) is 0 Å². The first-order valence-electron chi connectivity index (χ1n) is 12.6. The van der Waals surface area contributed by atoms with E-state index in [2.05, 4.69) is 30.0 Å². The molecule has 2 aliphatic heterocycles. The number of hydrogen-bond donors (Lipinski definition) is 0. The zero-order valence-corrected chi connectivity index (χ0v) is 20.8. The molecule has 1 unspecified atom stereocenters. The quantitative estimate of drug-likeness (QED) is 0.395. The van der Waals surface area contributed by atoms with Gasteiger partial charge in [0.15, 0.2) is 0 Å². The van der Waals surface area contributed by atoms with Crippen molar-refractivity contribution < 1.29 is 13.9 Å². The predicted molar refractivity (Wildman–Crippen MR) is 140 cm³/mol. The van der Waals surface area contributed by atoms with E-state index in [1.54, 1.807) is 11.3 Å². The molecule has 6 rings (SSSR count). The number of amides is 1. The number of furan rings is 1. The third-order valence-electron chi connectivity index (χ3n) is 6.85. The smallest absolute Gasteiger partial charge is 0.257 e. The van der Waals surface area contributed by atoms with Gasteiger partial charge in [-0.1, -0.05) is 42.0 Å². The first kappa shape index (κ1) is 23.4. The Bertz CT molecular complexity index is 1400. The van der Waals surface area contributed by atoms with Gasteiger partial charge in [0.1, 0.15) is 11.5 Å². The normalized spacial score (nSPS) is 18.2. The number of hydrogen-bond acceptors (Lipinski definition) is 6. The summed E-state index contributed by atoms with van der Waals surface area (Å²) >= 11 is 0. The van der Waals surface area contributed by atoms with Gasteiger partial charge < -0.3 is 9.15 Å². The number of ether oxygens (including phenoxy) is 1. The van der Waals surface area contributed by atoms with Crippen molar-refractivity contribution in [2.75, 3.05) is 32.8 Å². The maximum Gasteiger partial charge on any atom is 0.257 e.